The van der Waals surface area contributed by atoms with Gasteiger partial charge >= 0.3 is 0 Å². The molecule has 0 saturated heterocycles. The topological polar surface area (TPSA) is 26.0 Å². The van der Waals surface area contributed by atoms with Crippen LogP contribution < -0.4 is 5.73 Å². The van der Waals surface area contributed by atoms with E-state index in [1.54, 1.807) is 0 Å². The fourth-order valence-electron chi connectivity index (χ4n) is 4.96. The maximum Gasteiger partial charge on any atom is 0.0452 e. The van der Waals surface area contributed by atoms with E-state index in [4.69, 9.17) is 5.73 Å². The molecule has 1 aromatic rings. The van der Waals surface area contributed by atoms with Crippen LogP contribution in [-0.2, 0) is 0 Å². The van der Waals surface area contributed by atoms with Gasteiger partial charge in [0.1, 0.15) is 0 Å². The molecule has 2 N–H and O–H groups in total. The van der Waals surface area contributed by atoms with Crippen LogP contribution in [0, 0.1) is 17.8 Å². The molecule has 0 aliphatic heterocycles. The average molecular weight is 259 g/mol. The molecule has 4 aliphatic rings. The number of hydrogen-bond acceptors (Lipinski definition) is 2. The van der Waals surface area contributed by atoms with Crippen molar-refractivity contribution in [1.82, 2.24) is 0 Å². The van der Waals surface area contributed by atoms with Gasteiger partial charge in [-0.3, -0.25) is 0 Å². The Bertz CT molecular complexity index is 433. The van der Waals surface area contributed by atoms with E-state index in [2.05, 4.69) is 23.9 Å². The number of benzene rings is 1. The van der Waals surface area contributed by atoms with Crippen molar-refractivity contribution in [2.24, 2.45) is 17.8 Å². The quantitative estimate of drug-likeness (QED) is 0.800. The van der Waals surface area contributed by atoms with E-state index in [1.165, 1.54) is 43.4 Å². The van der Waals surface area contributed by atoms with Gasteiger partial charge in [-0.2, -0.15) is 0 Å². The van der Waals surface area contributed by atoms with Gasteiger partial charge in [0.2, 0.25) is 0 Å². The van der Waals surface area contributed by atoms with Gasteiger partial charge in [0.25, 0.3) is 0 Å². The first-order valence-corrected chi connectivity index (χ1v) is 8.08. The van der Waals surface area contributed by atoms with E-state index in [9.17, 15) is 0 Å². The first kappa shape index (κ1) is 11.2. The maximum absolute atomic E-state index is 6.13. The molecule has 0 unspecified atom stereocenters. The molecule has 5 rings (SSSR count). The van der Waals surface area contributed by atoms with Gasteiger partial charge in [-0.05, 0) is 68.4 Å². The highest BCUT2D eigenvalue weighted by molar-refractivity contribution is 8.00. The fraction of sp³-hybridized carbons (Fsp3) is 0.625. The van der Waals surface area contributed by atoms with Crippen molar-refractivity contribution in [3.63, 3.8) is 0 Å². The molecule has 18 heavy (non-hydrogen) atoms. The molecule has 1 aromatic carbocycles. The average Bonchev–Trinajstić information content (AvgIpc) is 2.30. The predicted molar refractivity (Wildman–Crippen MR) is 77.6 cm³/mol. The van der Waals surface area contributed by atoms with E-state index >= 15 is 0 Å². The van der Waals surface area contributed by atoms with Gasteiger partial charge in [0.05, 0.1) is 0 Å². The zero-order chi connectivity index (χ0) is 12.2. The maximum atomic E-state index is 6.13. The molecule has 0 atom stereocenters. The van der Waals surface area contributed by atoms with E-state index < -0.39 is 0 Å². The molecule has 2 heteroatoms. The van der Waals surface area contributed by atoms with Crippen molar-refractivity contribution >= 4 is 17.4 Å². The lowest BCUT2D eigenvalue weighted by Gasteiger charge is -2.56. The number of rotatable bonds is 2. The summed E-state index contributed by atoms with van der Waals surface area (Å²) >= 11 is 2.10. The molecule has 96 valence electrons. The number of para-hydroxylation sites is 1. The van der Waals surface area contributed by atoms with E-state index in [0.717, 1.165) is 23.4 Å². The molecular formula is C16H21NS. The highest BCUT2D eigenvalue weighted by Gasteiger charge is 2.51. The first-order chi connectivity index (χ1) is 8.72. The van der Waals surface area contributed by atoms with Crippen LogP contribution in [0.15, 0.2) is 29.2 Å². The third kappa shape index (κ3) is 1.77. The second-order valence-electron chi connectivity index (χ2n) is 6.74. The molecule has 0 spiro atoms. The van der Waals surface area contributed by atoms with Gasteiger partial charge in [-0.1, -0.05) is 12.1 Å². The zero-order valence-electron chi connectivity index (χ0n) is 10.8. The monoisotopic (exact) mass is 259 g/mol. The zero-order valence-corrected chi connectivity index (χ0v) is 11.6. The predicted octanol–water partition coefficient (Wildman–Crippen LogP) is 4.33. The van der Waals surface area contributed by atoms with Crippen molar-refractivity contribution in [3.8, 4) is 0 Å². The van der Waals surface area contributed by atoms with E-state index in [-0.39, 0.29) is 0 Å². The summed E-state index contributed by atoms with van der Waals surface area (Å²) in [6.07, 6.45) is 8.88. The van der Waals surface area contributed by atoms with Crippen molar-refractivity contribution in [2.75, 3.05) is 5.73 Å². The smallest absolute Gasteiger partial charge is 0.0452 e. The molecule has 1 nitrogen and oxygen atoms in total. The van der Waals surface area contributed by atoms with Crippen LogP contribution in [-0.4, -0.2) is 4.75 Å². The summed E-state index contributed by atoms with van der Waals surface area (Å²) in [6.45, 7) is 0. The van der Waals surface area contributed by atoms with Crippen molar-refractivity contribution < 1.29 is 0 Å². The Morgan fingerprint density at radius 1 is 0.944 bits per heavy atom. The Labute approximate surface area is 114 Å². The summed E-state index contributed by atoms with van der Waals surface area (Å²) in [6, 6.07) is 8.42. The Kier molecular flexibility index (Phi) is 2.45. The third-order valence-electron chi connectivity index (χ3n) is 5.23. The Hall–Kier alpha value is -0.630. The van der Waals surface area contributed by atoms with Crippen molar-refractivity contribution in [1.29, 1.82) is 0 Å². The molecule has 4 bridgehead atoms. The van der Waals surface area contributed by atoms with Gasteiger partial charge in [0.15, 0.2) is 0 Å². The van der Waals surface area contributed by atoms with Crippen LogP contribution in [0.1, 0.15) is 38.5 Å². The van der Waals surface area contributed by atoms with Gasteiger partial charge in [0, 0.05) is 15.3 Å². The molecule has 0 heterocycles. The van der Waals surface area contributed by atoms with Crippen LogP contribution in [0.25, 0.3) is 0 Å². The molecule has 4 fully saturated rings. The molecule has 0 radical (unpaired) electrons. The minimum atomic E-state index is 0.532. The fourth-order valence-corrected chi connectivity index (χ4v) is 6.72. The summed E-state index contributed by atoms with van der Waals surface area (Å²) in [5.41, 5.74) is 7.10. The van der Waals surface area contributed by atoms with Crippen LogP contribution in [0.4, 0.5) is 5.69 Å². The Morgan fingerprint density at radius 3 is 2.06 bits per heavy atom. The third-order valence-corrected chi connectivity index (χ3v) is 6.75. The molecule has 4 aliphatic carbocycles. The Balaban J connectivity index is 1.63. The first-order valence-electron chi connectivity index (χ1n) is 7.26. The largest absolute Gasteiger partial charge is 0.398 e. The normalized spacial score (nSPS) is 41.2. The number of hydrogen-bond donors (Lipinski definition) is 1. The summed E-state index contributed by atoms with van der Waals surface area (Å²) in [4.78, 5) is 1.32. The summed E-state index contributed by atoms with van der Waals surface area (Å²) in [5.74, 6) is 3.07. The minimum absolute atomic E-state index is 0.532. The second-order valence-corrected chi connectivity index (χ2v) is 8.25. The Morgan fingerprint density at radius 2 is 1.50 bits per heavy atom. The van der Waals surface area contributed by atoms with E-state index in [1.807, 2.05) is 12.1 Å². The van der Waals surface area contributed by atoms with Crippen LogP contribution in [0.3, 0.4) is 0 Å². The summed E-state index contributed by atoms with van der Waals surface area (Å²) in [5, 5.41) is 0. The molecular weight excluding hydrogens is 238 g/mol. The van der Waals surface area contributed by atoms with Crippen molar-refractivity contribution in [3.05, 3.63) is 24.3 Å². The van der Waals surface area contributed by atoms with Gasteiger partial charge in [-0.15, -0.1) is 11.8 Å². The highest BCUT2D eigenvalue weighted by Crippen LogP contribution is 2.62. The number of thioether (sulfide) groups is 1. The number of nitrogen functional groups attached to an aromatic ring is 1. The van der Waals surface area contributed by atoms with Crippen LogP contribution in [0.2, 0.25) is 0 Å². The number of anilines is 1. The number of nitrogens with two attached hydrogens (primary N) is 1. The van der Waals surface area contributed by atoms with Crippen molar-refractivity contribution in [2.45, 2.75) is 48.2 Å². The van der Waals surface area contributed by atoms with Gasteiger partial charge in [-0.25, -0.2) is 0 Å². The summed E-state index contributed by atoms with van der Waals surface area (Å²) in [7, 11) is 0. The lowest BCUT2D eigenvalue weighted by Crippen LogP contribution is -2.48. The molecule has 0 amide bonds. The van der Waals surface area contributed by atoms with E-state index in [0.29, 0.717) is 4.75 Å². The second kappa shape index (κ2) is 3.93. The SMILES string of the molecule is Nc1ccccc1SC12CC3CC(CC(C3)C1)C2. The lowest BCUT2D eigenvalue weighted by atomic mass is 9.56. The van der Waals surface area contributed by atoms with Crippen LogP contribution >= 0.6 is 11.8 Å². The lowest BCUT2D eigenvalue weighted by molar-refractivity contribution is 0.0383. The standard InChI is InChI=1S/C16H21NS/c17-14-3-1-2-4-15(14)18-16-8-11-5-12(9-16)7-13(6-11)10-16/h1-4,11-13H,5-10,17H2. The molecule has 0 aromatic heterocycles. The summed E-state index contributed by atoms with van der Waals surface area (Å²) < 4.78 is 0.532. The highest BCUT2D eigenvalue weighted by atomic mass is 32.2. The minimum Gasteiger partial charge on any atom is -0.398 e. The molecule has 4 saturated carbocycles. The van der Waals surface area contributed by atoms with Gasteiger partial charge < -0.3 is 5.73 Å². The van der Waals surface area contributed by atoms with Crippen LogP contribution in [0.5, 0.6) is 0 Å².